The first-order chi connectivity index (χ1) is 11.2. The molecule has 1 aliphatic rings. The zero-order chi connectivity index (χ0) is 16.2. The van der Waals surface area contributed by atoms with E-state index >= 15 is 0 Å². The van der Waals surface area contributed by atoms with E-state index in [4.69, 9.17) is 9.26 Å². The summed E-state index contributed by atoms with van der Waals surface area (Å²) in [7, 11) is 0. The molecule has 0 spiro atoms. The Morgan fingerprint density at radius 3 is 2.91 bits per heavy atom. The molecule has 0 unspecified atom stereocenters. The van der Waals surface area contributed by atoms with E-state index in [2.05, 4.69) is 55.1 Å². The summed E-state index contributed by atoms with van der Waals surface area (Å²) in [5.41, 5.74) is 2.28. The van der Waals surface area contributed by atoms with E-state index in [1.54, 1.807) is 0 Å². The molecule has 2 heterocycles. The largest absolute Gasteiger partial charge is 0.491 e. The molecular formula is C19H26N2O2. The molecule has 0 amide bonds. The van der Waals surface area contributed by atoms with E-state index in [-0.39, 0.29) is 6.10 Å². The highest BCUT2D eigenvalue weighted by atomic mass is 16.5. The normalized spacial score (nSPS) is 18.7. The van der Waals surface area contributed by atoms with Gasteiger partial charge in [-0.15, -0.1) is 0 Å². The van der Waals surface area contributed by atoms with Crippen LogP contribution in [0.3, 0.4) is 0 Å². The van der Waals surface area contributed by atoms with E-state index in [0.717, 1.165) is 43.1 Å². The lowest BCUT2D eigenvalue weighted by atomic mass is 10.1. The van der Waals surface area contributed by atoms with Crippen molar-refractivity contribution in [3.63, 3.8) is 0 Å². The highest BCUT2D eigenvalue weighted by molar-refractivity contribution is 5.33. The van der Waals surface area contributed by atoms with Crippen molar-refractivity contribution in [2.75, 3.05) is 6.54 Å². The molecule has 0 radical (unpaired) electrons. The topological polar surface area (TPSA) is 38.5 Å². The van der Waals surface area contributed by atoms with Crippen molar-refractivity contribution in [3.05, 3.63) is 47.3 Å². The molecule has 1 aromatic heterocycles. The average Bonchev–Trinajstić information content (AvgIpc) is 3.17. The summed E-state index contributed by atoms with van der Waals surface area (Å²) >= 11 is 0. The van der Waals surface area contributed by atoms with Crippen LogP contribution in [0.1, 0.15) is 56.7 Å². The van der Waals surface area contributed by atoms with Crippen LogP contribution in [0.15, 0.2) is 34.9 Å². The van der Waals surface area contributed by atoms with E-state index in [1.807, 2.05) is 6.07 Å². The third-order valence-electron chi connectivity index (χ3n) is 4.34. The van der Waals surface area contributed by atoms with Crippen molar-refractivity contribution < 1.29 is 9.26 Å². The Bertz CT molecular complexity index is 636. The number of ether oxygens (including phenoxy) is 1. The minimum Gasteiger partial charge on any atom is -0.491 e. The van der Waals surface area contributed by atoms with Gasteiger partial charge in [0.05, 0.1) is 17.8 Å². The molecule has 23 heavy (non-hydrogen) atoms. The zero-order valence-electron chi connectivity index (χ0n) is 14.3. The number of aryl methyl sites for hydroxylation is 1. The Morgan fingerprint density at radius 1 is 1.35 bits per heavy atom. The molecule has 1 aromatic carbocycles. The number of aromatic nitrogens is 1. The number of nitrogens with zero attached hydrogens (tertiary/aromatic N) is 2. The predicted octanol–water partition coefficient (Wildman–Crippen LogP) is 4.36. The van der Waals surface area contributed by atoms with Gasteiger partial charge in [0.25, 0.3) is 0 Å². The lowest BCUT2D eigenvalue weighted by Gasteiger charge is -2.24. The highest BCUT2D eigenvalue weighted by Crippen LogP contribution is 2.35. The van der Waals surface area contributed by atoms with Gasteiger partial charge in [0.15, 0.2) is 5.76 Å². The molecule has 1 fully saturated rings. The van der Waals surface area contributed by atoms with E-state index in [1.165, 1.54) is 12.0 Å². The Labute approximate surface area is 138 Å². The van der Waals surface area contributed by atoms with Crippen LogP contribution in [-0.2, 0) is 13.0 Å². The maximum Gasteiger partial charge on any atom is 0.154 e. The molecule has 124 valence electrons. The minimum absolute atomic E-state index is 0.187. The predicted molar refractivity (Wildman–Crippen MR) is 90.5 cm³/mol. The zero-order valence-corrected chi connectivity index (χ0v) is 14.3. The van der Waals surface area contributed by atoms with E-state index in [9.17, 15) is 0 Å². The van der Waals surface area contributed by atoms with Crippen LogP contribution >= 0.6 is 0 Å². The third-order valence-corrected chi connectivity index (χ3v) is 4.34. The molecule has 4 nitrogen and oxygen atoms in total. The Morgan fingerprint density at radius 2 is 2.17 bits per heavy atom. The van der Waals surface area contributed by atoms with Gasteiger partial charge >= 0.3 is 0 Å². The number of likely N-dealkylation sites (tertiary alicyclic amines) is 1. The summed E-state index contributed by atoms with van der Waals surface area (Å²) in [6.07, 6.45) is 3.43. The molecule has 0 aliphatic carbocycles. The van der Waals surface area contributed by atoms with Gasteiger partial charge in [-0.3, -0.25) is 4.90 Å². The first kappa shape index (κ1) is 16.1. The fourth-order valence-corrected chi connectivity index (χ4v) is 3.21. The molecular weight excluding hydrogens is 288 g/mol. The first-order valence-corrected chi connectivity index (χ1v) is 8.61. The van der Waals surface area contributed by atoms with Gasteiger partial charge in [-0.25, -0.2) is 0 Å². The Kier molecular flexibility index (Phi) is 5.01. The number of benzene rings is 1. The summed E-state index contributed by atoms with van der Waals surface area (Å²) in [6.45, 7) is 8.21. The van der Waals surface area contributed by atoms with Gasteiger partial charge in [-0.2, -0.15) is 0 Å². The molecule has 4 heteroatoms. The van der Waals surface area contributed by atoms with Gasteiger partial charge < -0.3 is 9.26 Å². The molecule has 3 rings (SSSR count). The number of hydrogen-bond donors (Lipinski definition) is 0. The molecule has 1 aliphatic heterocycles. The lowest BCUT2D eigenvalue weighted by molar-refractivity contribution is 0.197. The molecule has 0 bridgehead atoms. The monoisotopic (exact) mass is 314 g/mol. The molecule has 1 atom stereocenters. The molecule has 2 aromatic rings. The van der Waals surface area contributed by atoms with Gasteiger partial charge in [-0.05, 0) is 45.7 Å². The molecule has 1 saturated heterocycles. The van der Waals surface area contributed by atoms with Crippen LogP contribution < -0.4 is 4.74 Å². The van der Waals surface area contributed by atoms with Gasteiger partial charge in [0.1, 0.15) is 5.75 Å². The van der Waals surface area contributed by atoms with Crippen molar-refractivity contribution in [1.29, 1.82) is 0 Å². The fraction of sp³-hybridized carbons (Fsp3) is 0.526. The third kappa shape index (κ3) is 3.75. The van der Waals surface area contributed by atoms with E-state index in [0.29, 0.717) is 6.04 Å². The molecule has 0 saturated carbocycles. The quantitative estimate of drug-likeness (QED) is 0.794. The highest BCUT2D eigenvalue weighted by Gasteiger charge is 2.29. The standard InChI is InChI=1S/C19H26N2O2/c1-4-16-12-19(23-20-16)17-9-7-11-21(17)13-15-8-5-6-10-18(15)22-14(2)3/h5-6,8,10,12,14,17H,4,7,9,11,13H2,1-3H3/t17-/m1/s1. The number of hydrogen-bond acceptors (Lipinski definition) is 4. The van der Waals surface area contributed by atoms with Gasteiger partial charge in [0, 0.05) is 18.2 Å². The maximum atomic E-state index is 5.96. The summed E-state index contributed by atoms with van der Waals surface area (Å²) in [6, 6.07) is 10.8. The summed E-state index contributed by atoms with van der Waals surface area (Å²) < 4.78 is 11.5. The number of para-hydroxylation sites is 1. The summed E-state index contributed by atoms with van der Waals surface area (Å²) in [4.78, 5) is 2.47. The second-order valence-corrected chi connectivity index (χ2v) is 6.48. The molecule has 0 N–H and O–H groups in total. The van der Waals surface area contributed by atoms with Crippen LogP contribution in [0.25, 0.3) is 0 Å². The Hall–Kier alpha value is -1.81. The van der Waals surface area contributed by atoms with Crippen molar-refractivity contribution in [3.8, 4) is 5.75 Å². The van der Waals surface area contributed by atoms with Crippen molar-refractivity contribution in [2.24, 2.45) is 0 Å². The van der Waals surface area contributed by atoms with Crippen molar-refractivity contribution >= 4 is 0 Å². The van der Waals surface area contributed by atoms with Gasteiger partial charge in [-0.1, -0.05) is 30.3 Å². The van der Waals surface area contributed by atoms with Gasteiger partial charge in [0.2, 0.25) is 0 Å². The summed E-state index contributed by atoms with van der Waals surface area (Å²) in [5.74, 6) is 1.99. The first-order valence-electron chi connectivity index (χ1n) is 8.61. The number of rotatable bonds is 6. The SMILES string of the molecule is CCc1cc([C@H]2CCCN2Cc2ccccc2OC(C)C)on1. The minimum atomic E-state index is 0.187. The summed E-state index contributed by atoms with van der Waals surface area (Å²) in [5, 5.41) is 4.15. The van der Waals surface area contributed by atoms with E-state index < -0.39 is 0 Å². The van der Waals surface area contributed by atoms with Crippen molar-refractivity contribution in [1.82, 2.24) is 10.1 Å². The van der Waals surface area contributed by atoms with Crippen LogP contribution in [0.4, 0.5) is 0 Å². The Balaban J connectivity index is 1.76. The van der Waals surface area contributed by atoms with Crippen LogP contribution in [-0.4, -0.2) is 22.7 Å². The second kappa shape index (κ2) is 7.18. The maximum absolute atomic E-state index is 5.96. The fourth-order valence-electron chi connectivity index (χ4n) is 3.21. The smallest absolute Gasteiger partial charge is 0.154 e. The second-order valence-electron chi connectivity index (χ2n) is 6.48. The van der Waals surface area contributed by atoms with Crippen LogP contribution in [0, 0.1) is 0 Å². The van der Waals surface area contributed by atoms with Crippen molar-refractivity contribution in [2.45, 2.75) is 58.7 Å². The average molecular weight is 314 g/mol. The lowest BCUT2D eigenvalue weighted by Crippen LogP contribution is -2.23. The van der Waals surface area contributed by atoms with Crippen LogP contribution in [0.5, 0.6) is 5.75 Å². The van der Waals surface area contributed by atoms with Crippen LogP contribution in [0.2, 0.25) is 0 Å².